The van der Waals surface area contributed by atoms with Gasteiger partial charge >= 0.3 is 4.94 Å². The maximum atomic E-state index is 13.5. The van der Waals surface area contributed by atoms with Gasteiger partial charge in [0.05, 0.1) is 18.0 Å². The highest BCUT2D eigenvalue weighted by atomic mass is 32.1. The molecule has 1 N–H and O–H groups in total. The molecule has 0 spiro atoms. The first-order valence-electron chi connectivity index (χ1n) is 6.75. The average Bonchev–Trinajstić information content (AvgIpc) is 3.00. The Labute approximate surface area is 145 Å². The van der Waals surface area contributed by atoms with E-state index in [4.69, 9.17) is 9.15 Å². The normalized spacial score (nSPS) is 11.5. The van der Waals surface area contributed by atoms with Gasteiger partial charge in [-0.15, -0.1) is 0 Å². The lowest BCUT2D eigenvalue weighted by molar-refractivity contribution is 0.381. The van der Waals surface area contributed by atoms with E-state index in [0.717, 1.165) is 17.6 Å². The number of methoxy groups -OCH3 is 1. The van der Waals surface area contributed by atoms with E-state index in [-0.39, 0.29) is 11.3 Å². The predicted octanol–water partition coefficient (Wildman–Crippen LogP) is 4.00. The number of hydrogen-bond donors (Lipinski definition) is 1. The lowest BCUT2D eigenvalue weighted by atomic mass is 10.2. The minimum Gasteiger partial charge on any atom is -0.493 e. The Kier molecular flexibility index (Phi) is 4.64. The second kappa shape index (κ2) is 6.75. The number of rotatable bonds is 4. The third-order valence-corrected chi connectivity index (χ3v) is 4.01. The van der Waals surface area contributed by atoms with Gasteiger partial charge in [-0.25, -0.2) is 26.7 Å². The summed E-state index contributed by atoms with van der Waals surface area (Å²) in [6.45, 7) is 0. The minimum absolute atomic E-state index is 0.207. The molecule has 3 rings (SSSR count). The third kappa shape index (κ3) is 3.01. The van der Waals surface area contributed by atoms with Crippen LogP contribution in [0.15, 0.2) is 26.4 Å². The van der Waals surface area contributed by atoms with Gasteiger partial charge in [0.1, 0.15) is 5.69 Å². The first kappa shape index (κ1) is 17.9. The molecular formula is C15H7F5N2O3S. The summed E-state index contributed by atoms with van der Waals surface area (Å²) in [5.74, 6) is -10.3. The van der Waals surface area contributed by atoms with Crippen LogP contribution >= 0.6 is 11.3 Å². The molecule has 2 aromatic carbocycles. The zero-order valence-corrected chi connectivity index (χ0v) is 13.5. The average molecular weight is 390 g/mol. The molecule has 11 heteroatoms. The lowest BCUT2D eigenvalue weighted by Gasteiger charge is -2.07. The molecule has 0 aliphatic carbocycles. The highest BCUT2D eigenvalue weighted by Crippen LogP contribution is 2.29. The molecule has 1 aromatic heterocycles. The van der Waals surface area contributed by atoms with Crippen molar-refractivity contribution in [1.29, 1.82) is 0 Å². The molecule has 0 radical (unpaired) electrons. The number of fused-ring (bicyclic) bond motifs is 1. The Morgan fingerprint density at radius 2 is 1.69 bits per heavy atom. The molecule has 1 heterocycles. The highest BCUT2D eigenvalue weighted by Gasteiger charge is 2.25. The molecule has 3 aromatic rings. The molecule has 0 saturated carbocycles. The van der Waals surface area contributed by atoms with E-state index < -0.39 is 39.7 Å². The van der Waals surface area contributed by atoms with Gasteiger partial charge in [0, 0.05) is 0 Å². The van der Waals surface area contributed by atoms with Gasteiger partial charge in [-0.05, 0) is 17.7 Å². The molecule has 0 atom stereocenters. The van der Waals surface area contributed by atoms with Crippen LogP contribution in [0.2, 0.25) is 0 Å². The number of nitrogens with one attached hydrogen (secondary N) is 1. The van der Waals surface area contributed by atoms with E-state index in [1.807, 2.05) is 0 Å². The summed E-state index contributed by atoms with van der Waals surface area (Å²) < 4.78 is 76.7. The highest BCUT2D eigenvalue weighted by molar-refractivity contribution is 7.16. The number of anilines is 1. The van der Waals surface area contributed by atoms with Crippen LogP contribution in [0.4, 0.5) is 27.6 Å². The van der Waals surface area contributed by atoms with Gasteiger partial charge in [0.15, 0.2) is 34.6 Å². The van der Waals surface area contributed by atoms with E-state index in [0.29, 0.717) is 10.3 Å². The summed E-state index contributed by atoms with van der Waals surface area (Å²) in [6.07, 6.45) is 1.05. The molecule has 26 heavy (non-hydrogen) atoms. The number of ether oxygens (including phenoxy) is 1. The maximum absolute atomic E-state index is 13.5. The Morgan fingerprint density at radius 1 is 1.08 bits per heavy atom. The van der Waals surface area contributed by atoms with Gasteiger partial charge in [0.25, 0.3) is 0 Å². The van der Waals surface area contributed by atoms with Gasteiger partial charge in [-0.3, -0.25) is 5.43 Å². The zero-order valence-electron chi connectivity index (χ0n) is 12.7. The first-order chi connectivity index (χ1) is 12.3. The molecule has 0 aliphatic heterocycles. The minimum atomic E-state index is -2.26. The van der Waals surface area contributed by atoms with E-state index in [1.165, 1.54) is 19.2 Å². The van der Waals surface area contributed by atoms with E-state index in [2.05, 4.69) is 5.10 Å². The molecule has 0 saturated heterocycles. The fourth-order valence-electron chi connectivity index (χ4n) is 2.07. The molecule has 136 valence electrons. The first-order valence-corrected chi connectivity index (χ1v) is 7.57. The smallest absolute Gasteiger partial charge is 0.396 e. The van der Waals surface area contributed by atoms with Crippen LogP contribution < -0.4 is 15.1 Å². The monoisotopic (exact) mass is 390 g/mol. The number of hydrazone groups is 1. The van der Waals surface area contributed by atoms with Gasteiger partial charge < -0.3 is 9.15 Å². The van der Waals surface area contributed by atoms with Crippen LogP contribution in [0.25, 0.3) is 10.3 Å². The number of halogens is 5. The van der Waals surface area contributed by atoms with Gasteiger partial charge in [-0.2, -0.15) is 5.10 Å². The molecule has 5 nitrogen and oxygen atoms in total. The molecule has 0 unspecified atom stereocenters. The molecule has 0 bridgehead atoms. The van der Waals surface area contributed by atoms with Crippen molar-refractivity contribution in [3.63, 3.8) is 0 Å². The summed E-state index contributed by atoms with van der Waals surface area (Å²) in [5, 5.41) is 3.46. The maximum Gasteiger partial charge on any atom is 0.396 e. The van der Waals surface area contributed by atoms with Crippen molar-refractivity contribution in [2.75, 3.05) is 12.5 Å². The van der Waals surface area contributed by atoms with Crippen LogP contribution in [0.5, 0.6) is 5.75 Å². The second-order valence-electron chi connectivity index (χ2n) is 4.82. The topological polar surface area (TPSA) is 63.8 Å². The SMILES string of the molecule is COc1cc(/C=N/Nc2c(F)c(F)c(F)c(F)c2F)cc2sc(=O)oc12. The summed E-state index contributed by atoms with van der Waals surface area (Å²) in [5.41, 5.74) is 1.02. The number of nitrogens with zero attached hydrogens (tertiary/aromatic N) is 1. The van der Waals surface area contributed by atoms with Crippen LogP contribution in [0, 0.1) is 29.1 Å². The fraction of sp³-hybridized carbons (Fsp3) is 0.0667. The Hall–Kier alpha value is -2.95. The molecule has 0 aliphatic rings. The van der Waals surface area contributed by atoms with Crippen molar-refractivity contribution in [2.24, 2.45) is 5.10 Å². The quantitative estimate of drug-likeness (QED) is 0.240. The summed E-state index contributed by atoms with van der Waals surface area (Å²) in [4.78, 5) is 10.7. The molecule has 0 fully saturated rings. The van der Waals surface area contributed by atoms with Crippen LogP contribution in [0.1, 0.15) is 5.56 Å². The Bertz CT molecular complexity index is 1060. The van der Waals surface area contributed by atoms with E-state index >= 15 is 0 Å². The van der Waals surface area contributed by atoms with Crippen molar-refractivity contribution >= 4 is 33.5 Å². The largest absolute Gasteiger partial charge is 0.493 e. The summed E-state index contributed by atoms with van der Waals surface area (Å²) in [7, 11) is 1.33. The van der Waals surface area contributed by atoms with Gasteiger partial charge in [-0.1, -0.05) is 11.3 Å². The Morgan fingerprint density at radius 3 is 2.31 bits per heavy atom. The molecule has 0 amide bonds. The standard InChI is InChI=1S/C15H7F5N2O3S/c1-24-6-2-5(3-7-14(6)25-15(23)26-7)4-21-22-13-11(19)9(17)8(16)10(18)12(13)20/h2-4,22H,1H3/b21-4+. The zero-order chi connectivity index (χ0) is 19.0. The number of benzene rings is 2. The van der Waals surface area contributed by atoms with Crippen LogP contribution in [0.3, 0.4) is 0 Å². The van der Waals surface area contributed by atoms with Crippen molar-refractivity contribution in [3.05, 3.63) is 56.5 Å². The van der Waals surface area contributed by atoms with Gasteiger partial charge in [0.2, 0.25) is 5.82 Å². The van der Waals surface area contributed by atoms with Crippen molar-refractivity contribution in [2.45, 2.75) is 0 Å². The van der Waals surface area contributed by atoms with Crippen LogP contribution in [-0.4, -0.2) is 13.3 Å². The van der Waals surface area contributed by atoms with E-state index in [1.54, 1.807) is 5.43 Å². The number of hydrogen-bond acceptors (Lipinski definition) is 6. The van der Waals surface area contributed by atoms with E-state index in [9.17, 15) is 26.7 Å². The lowest BCUT2D eigenvalue weighted by Crippen LogP contribution is -2.06. The van der Waals surface area contributed by atoms with Crippen molar-refractivity contribution < 1.29 is 31.1 Å². The summed E-state index contributed by atoms with van der Waals surface area (Å²) >= 11 is 0.791. The third-order valence-electron chi connectivity index (χ3n) is 3.24. The van der Waals surface area contributed by atoms with Crippen molar-refractivity contribution in [1.82, 2.24) is 0 Å². The predicted molar refractivity (Wildman–Crippen MR) is 84.4 cm³/mol. The second-order valence-corrected chi connectivity index (χ2v) is 5.80. The summed E-state index contributed by atoms with van der Waals surface area (Å²) in [6, 6.07) is 2.87. The fourth-order valence-corrected chi connectivity index (χ4v) is 2.80. The van der Waals surface area contributed by atoms with Crippen LogP contribution in [-0.2, 0) is 0 Å². The molecular weight excluding hydrogens is 383 g/mol. The Balaban J connectivity index is 1.95. The van der Waals surface area contributed by atoms with Crippen molar-refractivity contribution in [3.8, 4) is 5.75 Å².